The second kappa shape index (κ2) is 10.1. The fourth-order valence-electron chi connectivity index (χ4n) is 2.99. The maximum atomic E-state index is 14.6. The number of aromatic nitrogens is 3. The van der Waals surface area contributed by atoms with Gasteiger partial charge >= 0.3 is 0 Å². The first-order valence-corrected chi connectivity index (χ1v) is 9.67. The van der Waals surface area contributed by atoms with Crippen molar-refractivity contribution in [2.24, 2.45) is 0 Å². The molecule has 0 fully saturated rings. The molecular formula is C20H21ClF3N5O2. The molecule has 0 aliphatic heterocycles. The molecule has 2 heterocycles. The maximum absolute atomic E-state index is 14.6. The summed E-state index contributed by atoms with van der Waals surface area (Å²) in [4.78, 5) is 12.8. The number of pyridine rings is 1. The molecule has 0 saturated carbocycles. The van der Waals surface area contributed by atoms with E-state index in [-0.39, 0.29) is 23.2 Å². The molecule has 0 amide bonds. The van der Waals surface area contributed by atoms with E-state index in [4.69, 9.17) is 21.1 Å². The summed E-state index contributed by atoms with van der Waals surface area (Å²) in [6, 6.07) is 4.78. The number of hydrogen-bond donors (Lipinski definition) is 2. The summed E-state index contributed by atoms with van der Waals surface area (Å²) in [7, 11) is 3.00. The molecule has 1 atom stereocenters. The summed E-state index contributed by atoms with van der Waals surface area (Å²) in [5, 5.41) is 6.82. The van der Waals surface area contributed by atoms with Gasteiger partial charge in [0.25, 0.3) is 6.43 Å². The highest BCUT2D eigenvalue weighted by Gasteiger charge is 2.21. The van der Waals surface area contributed by atoms with E-state index >= 15 is 0 Å². The minimum atomic E-state index is -2.91. The molecule has 2 N–H and O–H groups in total. The first-order chi connectivity index (χ1) is 14.8. The van der Waals surface area contributed by atoms with Crippen molar-refractivity contribution in [2.45, 2.75) is 25.7 Å². The third kappa shape index (κ3) is 5.33. The van der Waals surface area contributed by atoms with E-state index in [1.807, 2.05) is 0 Å². The van der Waals surface area contributed by atoms with E-state index in [1.165, 1.54) is 32.5 Å². The van der Waals surface area contributed by atoms with Crippen molar-refractivity contribution < 1.29 is 22.6 Å². The van der Waals surface area contributed by atoms with Crippen molar-refractivity contribution in [3.05, 3.63) is 52.6 Å². The van der Waals surface area contributed by atoms with Gasteiger partial charge in [0.15, 0.2) is 6.29 Å². The van der Waals surface area contributed by atoms with Crippen molar-refractivity contribution in [3.8, 4) is 0 Å². The van der Waals surface area contributed by atoms with Gasteiger partial charge in [-0.1, -0.05) is 29.8 Å². The fraction of sp³-hybridized carbons (Fsp3) is 0.350. The van der Waals surface area contributed by atoms with Crippen LogP contribution in [0.25, 0.3) is 10.9 Å². The van der Waals surface area contributed by atoms with Crippen LogP contribution >= 0.6 is 11.6 Å². The van der Waals surface area contributed by atoms with Gasteiger partial charge in [-0.05, 0) is 13.0 Å². The highest BCUT2D eigenvalue weighted by molar-refractivity contribution is 6.30. The van der Waals surface area contributed by atoms with Gasteiger partial charge < -0.3 is 20.1 Å². The Morgan fingerprint density at radius 3 is 2.52 bits per heavy atom. The number of rotatable bonds is 9. The molecule has 3 aromatic rings. The number of halogens is 4. The Morgan fingerprint density at radius 2 is 1.84 bits per heavy atom. The average molecular weight is 456 g/mol. The highest BCUT2D eigenvalue weighted by Crippen LogP contribution is 2.31. The lowest BCUT2D eigenvalue weighted by Gasteiger charge is -2.19. The Balaban J connectivity index is 1.96. The van der Waals surface area contributed by atoms with Gasteiger partial charge in [-0.25, -0.2) is 23.1 Å². The third-order valence-electron chi connectivity index (χ3n) is 4.61. The lowest BCUT2D eigenvalue weighted by molar-refractivity contribution is -0.0914. The summed E-state index contributed by atoms with van der Waals surface area (Å²) in [5.74, 6) is -0.387. The molecule has 7 nitrogen and oxygen atoms in total. The van der Waals surface area contributed by atoms with E-state index in [9.17, 15) is 13.2 Å². The van der Waals surface area contributed by atoms with Gasteiger partial charge in [0.05, 0.1) is 29.9 Å². The fourth-order valence-corrected chi connectivity index (χ4v) is 3.15. The van der Waals surface area contributed by atoms with E-state index in [0.717, 1.165) is 6.07 Å². The molecule has 3 rings (SSSR count). The molecule has 0 radical (unpaired) electrons. The van der Waals surface area contributed by atoms with E-state index in [2.05, 4.69) is 25.6 Å². The molecule has 31 heavy (non-hydrogen) atoms. The summed E-state index contributed by atoms with van der Waals surface area (Å²) >= 11 is 6.02. The minimum Gasteiger partial charge on any atom is -0.363 e. The second-order valence-electron chi connectivity index (χ2n) is 6.62. The van der Waals surface area contributed by atoms with Crippen LogP contribution in [0.15, 0.2) is 30.5 Å². The van der Waals surface area contributed by atoms with Crippen molar-refractivity contribution in [1.82, 2.24) is 15.0 Å². The molecule has 2 aromatic heterocycles. The Morgan fingerprint density at radius 1 is 1.13 bits per heavy atom. The summed E-state index contributed by atoms with van der Waals surface area (Å²) in [5.41, 5.74) is -0.0960. The lowest BCUT2D eigenvalue weighted by atomic mass is 10.0. The normalized spacial score (nSPS) is 12.5. The second-order valence-corrected chi connectivity index (χ2v) is 7.01. The number of benzene rings is 1. The van der Waals surface area contributed by atoms with Gasteiger partial charge in [0.1, 0.15) is 16.8 Å². The van der Waals surface area contributed by atoms with Gasteiger partial charge in [0.2, 0.25) is 5.95 Å². The van der Waals surface area contributed by atoms with Crippen LogP contribution in [-0.4, -0.2) is 42.0 Å². The molecule has 0 aliphatic carbocycles. The Labute approximate surface area is 182 Å². The van der Waals surface area contributed by atoms with Crippen LogP contribution in [0.2, 0.25) is 5.15 Å². The van der Waals surface area contributed by atoms with Crippen LogP contribution in [0.1, 0.15) is 30.5 Å². The number of ether oxygens (including phenoxy) is 2. The standard InChI is InChI=1S/C20H21ClF3N5O2/c1-10(11-5-4-6-12(17(11)22)18(23)24)27-19-13-7-15(21)25-8-14(13)28-20(29-19)26-9-16(30-2)31-3/h4-8,10,16,18H,9H2,1-3H3,(H2,26,27,28,29). The molecule has 1 unspecified atom stereocenters. The van der Waals surface area contributed by atoms with Crippen molar-refractivity contribution in [3.63, 3.8) is 0 Å². The van der Waals surface area contributed by atoms with Crippen LogP contribution in [0.3, 0.4) is 0 Å². The van der Waals surface area contributed by atoms with Gasteiger partial charge in [-0.2, -0.15) is 4.98 Å². The number of anilines is 2. The molecule has 11 heteroatoms. The first-order valence-electron chi connectivity index (χ1n) is 9.29. The highest BCUT2D eigenvalue weighted by atomic mass is 35.5. The van der Waals surface area contributed by atoms with E-state index in [1.54, 1.807) is 13.0 Å². The lowest BCUT2D eigenvalue weighted by Crippen LogP contribution is -2.24. The van der Waals surface area contributed by atoms with Crippen LogP contribution in [-0.2, 0) is 9.47 Å². The van der Waals surface area contributed by atoms with Crippen LogP contribution in [0.4, 0.5) is 24.9 Å². The average Bonchev–Trinajstić information content (AvgIpc) is 2.74. The van der Waals surface area contributed by atoms with Gasteiger partial charge in [-0.15, -0.1) is 0 Å². The third-order valence-corrected chi connectivity index (χ3v) is 4.82. The zero-order valence-electron chi connectivity index (χ0n) is 17.0. The van der Waals surface area contributed by atoms with Gasteiger partial charge in [-0.3, -0.25) is 0 Å². The summed E-state index contributed by atoms with van der Waals surface area (Å²) in [6.45, 7) is 1.91. The molecular weight excluding hydrogens is 435 g/mol. The van der Waals surface area contributed by atoms with Crippen molar-refractivity contribution in [1.29, 1.82) is 0 Å². The van der Waals surface area contributed by atoms with Crippen LogP contribution in [0, 0.1) is 5.82 Å². The number of hydrogen-bond acceptors (Lipinski definition) is 7. The molecule has 1 aromatic carbocycles. The summed E-state index contributed by atoms with van der Waals surface area (Å²) in [6.07, 6.45) is -1.96. The zero-order valence-corrected chi connectivity index (χ0v) is 17.8. The molecule has 0 aliphatic rings. The number of nitrogens with one attached hydrogen (secondary N) is 2. The number of fused-ring (bicyclic) bond motifs is 1. The predicted octanol–water partition coefficient (Wildman–Crippen LogP) is 4.96. The monoisotopic (exact) mass is 455 g/mol. The minimum absolute atomic E-state index is 0.0815. The smallest absolute Gasteiger partial charge is 0.266 e. The van der Waals surface area contributed by atoms with E-state index < -0.39 is 30.1 Å². The molecule has 0 spiro atoms. The van der Waals surface area contributed by atoms with Gasteiger partial charge in [0, 0.05) is 25.2 Å². The number of methoxy groups -OCH3 is 2. The van der Waals surface area contributed by atoms with Crippen LogP contribution in [0.5, 0.6) is 0 Å². The SMILES string of the molecule is COC(CNc1nc(NC(C)c2cccc(C(F)F)c2F)c2cc(Cl)ncc2n1)OC. The number of nitrogens with zero attached hydrogens (tertiary/aromatic N) is 3. The Hall–Kier alpha value is -2.69. The Kier molecular flexibility index (Phi) is 7.47. The van der Waals surface area contributed by atoms with Crippen molar-refractivity contribution in [2.75, 3.05) is 31.4 Å². The van der Waals surface area contributed by atoms with Crippen molar-refractivity contribution >= 4 is 34.3 Å². The number of alkyl halides is 2. The molecule has 166 valence electrons. The molecule has 0 bridgehead atoms. The quantitative estimate of drug-likeness (QED) is 0.348. The first kappa shape index (κ1) is 23.0. The topological polar surface area (TPSA) is 81.2 Å². The maximum Gasteiger partial charge on any atom is 0.266 e. The largest absolute Gasteiger partial charge is 0.363 e. The zero-order chi connectivity index (χ0) is 22.5. The predicted molar refractivity (Wildman–Crippen MR) is 112 cm³/mol. The molecule has 0 saturated heterocycles. The van der Waals surface area contributed by atoms with E-state index in [0.29, 0.717) is 16.7 Å². The van der Waals surface area contributed by atoms with Crippen LogP contribution < -0.4 is 10.6 Å². The summed E-state index contributed by atoms with van der Waals surface area (Å²) < 4.78 is 51.0. The Bertz CT molecular complexity index is 1050.